The first-order valence-electron chi connectivity index (χ1n) is 21.6. The highest BCUT2D eigenvalue weighted by Gasteiger charge is 2.55. The molecular weight excluding hydrogens is 777 g/mol. The van der Waals surface area contributed by atoms with Crippen molar-refractivity contribution in [1.29, 1.82) is 0 Å². The first-order valence-corrected chi connectivity index (χ1v) is 21.6. The lowest BCUT2D eigenvalue weighted by Gasteiger charge is -2.34. The van der Waals surface area contributed by atoms with Crippen molar-refractivity contribution in [3.63, 3.8) is 0 Å². The first-order chi connectivity index (χ1) is 29.4. The molecule has 0 atom stereocenters. The molecule has 1 aromatic heterocycles. The monoisotopic (exact) mass is 832 g/mol. The van der Waals surface area contributed by atoms with E-state index in [0.29, 0.717) is 35.0 Å². The van der Waals surface area contributed by atoms with Crippen LogP contribution in [0.1, 0.15) is 112 Å². The molecule has 1 radical (unpaired) electrons. The zero-order chi connectivity index (χ0) is 44.5. The summed E-state index contributed by atoms with van der Waals surface area (Å²) in [6, 6.07) is 22.6. The zero-order valence-electron chi connectivity index (χ0n) is 37.5. The average Bonchev–Trinajstić information content (AvgIpc) is 3.84. The summed E-state index contributed by atoms with van der Waals surface area (Å²) in [6.45, 7) is 13.0. The minimum Gasteiger partial charge on any atom is -0.496 e. The molecule has 3 aromatic carbocycles. The fraction of sp³-hybridized carbons (Fsp3) is 0.327. The summed E-state index contributed by atoms with van der Waals surface area (Å²) in [5, 5.41) is 11.0. The van der Waals surface area contributed by atoms with Gasteiger partial charge in [-0.05, 0) is 113 Å². The third kappa shape index (κ3) is 6.86. The molecule has 4 aromatic rings. The first kappa shape index (κ1) is 42.5. The van der Waals surface area contributed by atoms with E-state index in [1.165, 1.54) is 37.2 Å². The summed E-state index contributed by atoms with van der Waals surface area (Å²) in [4.78, 5) is 13.4. The van der Waals surface area contributed by atoms with Crippen LogP contribution in [0.25, 0.3) is 5.57 Å². The standard InChI is InChI=1S/C52H55BF2N4O3/c1-33-29-35(3)58-49(33)48(50-34(2)30-36(4)59(50)53(58,54)55)39-26-24-38(32-44(39)62-10)23-22-37-25-27-42-41(31-37)52(7,8)45(56(42)9)19-16-20-46-51(5,6)40-17-13-14-18-43(40)57(46)28-15-11-12-21-47(60)61/h13-14,16-20,24-27,29-32H,11-12,15,21,28H2,1-10H3/q+1. The van der Waals surface area contributed by atoms with E-state index in [1.54, 1.807) is 21.0 Å². The number of carbonyl (C=O) groups excluding carboxylic acids is 1. The van der Waals surface area contributed by atoms with Crippen molar-refractivity contribution in [2.24, 2.45) is 0 Å². The molecule has 0 amide bonds. The molecule has 4 aliphatic heterocycles. The molecule has 0 unspecified atom stereocenters. The largest absolute Gasteiger partial charge is 0.737 e. The predicted octanol–water partition coefficient (Wildman–Crippen LogP) is 10.7. The van der Waals surface area contributed by atoms with Gasteiger partial charge in [0.2, 0.25) is 5.69 Å². The maximum atomic E-state index is 16.3. The highest BCUT2D eigenvalue weighted by atomic mass is 19.2. The number of benzene rings is 3. The SMILES string of the molecule is COc1cc(C#Cc2ccc3c(c2)C(C)(C)C(C=CC=C2N(CCCCCC([O])=O)c4ccccc4C2(C)C)=[N+]3C)ccc1C1=C2C(C)=CC(C)=[N+]2[B-](F)(F)n2c(C)cc(C)c21. The van der Waals surface area contributed by atoms with Crippen molar-refractivity contribution < 1.29 is 32.3 Å². The Bertz CT molecular complexity index is 2840. The highest BCUT2D eigenvalue weighted by molar-refractivity contribution is 6.58. The molecule has 4 aliphatic rings. The molecule has 8 rings (SSSR count). The molecule has 0 spiro atoms. The van der Waals surface area contributed by atoms with Crippen LogP contribution in [0, 0.1) is 25.7 Å². The Morgan fingerprint density at radius 1 is 0.887 bits per heavy atom. The molecule has 317 valence electrons. The van der Waals surface area contributed by atoms with Gasteiger partial charge in [-0.15, -0.1) is 0 Å². The number of para-hydroxylation sites is 1. The van der Waals surface area contributed by atoms with Gasteiger partial charge in [0.15, 0.2) is 11.4 Å². The molecule has 0 saturated heterocycles. The predicted molar refractivity (Wildman–Crippen MR) is 245 cm³/mol. The van der Waals surface area contributed by atoms with Crippen LogP contribution in [0.4, 0.5) is 20.0 Å². The minimum absolute atomic E-state index is 0.0930. The molecule has 0 aliphatic carbocycles. The number of unbranched alkanes of at least 4 members (excludes halogenated alkanes) is 2. The summed E-state index contributed by atoms with van der Waals surface area (Å²) in [6.07, 6.45) is 10.9. The van der Waals surface area contributed by atoms with Gasteiger partial charge < -0.3 is 27.2 Å². The molecular formula is C52H55BF2N4O3+. The third-order valence-corrected chi connectivity index (χ3v) is 13.4. The van der Waals surface area contributed by atoms with Crippen LogP contribution in [-0.4, -0.2) is 58.6 Å². The number of aromatic nitrogens is 1. The van der Waals surface area contributed by atoms with Crippen molar-refractivity contribution >= 4 is 41.3 Å². The van der Waals surface area contributed by atoms with Crippen LogP contribution in [-0.2, 0) is 20.7 Å². The van der Waals surface area contributed by atoms with Crippen molar-refractivity contribution in [1.82, 2.24) is 4.48 Å². The Balaban J connectivity index is 1.06. The Morgan fingerprint density at radius 2 is 1.60 bits per heavy atom. The van der Waals surface area contributed by atoms with Crippen LogP contribution in [0.15, 0.2) is 108 Å². The fourth-order valence-corrected chi connectivity index (χ4v) is 10.4. The smallest absolute Gasteiger partial charge is 0.496 e. The average molecular weight is 833 g/mol. The molecule has 0 N–H and O–H groups in total. The number of allylic oxidation sites excluding steroid dienone is 6. The van der Waals surface area contributed by atoms with E-state index in [4.69, 9.17) is 4.74 Å². The molecule has 0 bridgehead atoms. The van der Waals surface area contributed by atoms with Gasteiger partial charge in [0.05, 0.1) is 24.5 Å². The number of fused-ring (bicyclic) bond motifs is 4. The quantitative estimate of drug-likeness (QED) is 0.0692. The summed E-state index contributed by atoms with van der Waals surface area (Å²) in [5.41, 5.74) is 13.5. The highest BCUT2D eigenvalue weighted by Crippen LogP contribution is 2.49. The van der Waals surface area contributed by atoms with Gasteiger partial charge in [-0.3, -0.25) is 0 Å². The number of nitrogens with zero attached hydrogens (tertiary/aromatic N) is 4. The Labute approximate surface area is 364 Å². The second kappa shape index (κ2) is 15.6. The number of carbonyl (C=O) groups is 1. The summed E-state index contributed by atoms with van der Waals surface area (Å²) >= 11 is 0. The maximum absolute atomic E-state index is 16.3. The van der Waals surface area contributed by atoms with Gasteiger partial charge in [0.1, 0.15) is 18.5 Å². The van der Waals surface area contributed by atoms with Gasteiger partial charge in [-0.25, -0.2) is 9.90 Å². The number of aryl methyl sites for hydroxylation is 2. The second-order valence-corrected chi connectivity index (χ2v) is 18.2. The van der Waals surface area contributed by atoms with E-state index in [-0.39, 0.29) is 17.3 Å². The number of hydrogen-bond donors (Lipinski definition) is 0. The molecule has 62 heavy (non-hydrogen) atoms. The number of halogens is 2. The number of hydrogen-bond acceptors (Lipinski definition) is 3. The summed E-state index contributed by atoms with van der Waals surface area (Å²) < 4.78 is 43.2. The van der Waals surface area contributed by atoms with E-state index in [0.717, 1.165) is 58.5 Å². The molecule has 5 heterocycles. The lowest BCUT2D eigenvalue weighted by atomic mass is 9.80. The minimum atomic E-state index is -4.08. The summed E-state index contributed by atoms with van der Waals surface area (Å²) in [5.74, 6) is 6.33. The van der Waals surface area contributed by atoms with E-state index in [1.807, 2.05) is 44.2 Å². The normalized spacial score (nSPS) is 18.5. The van der Waals surface area contributed by atoms with Crippen LogP contribution < -0.4 is 9.64 Å². The molecule has 0 saturated carbocycles. The molecule has 10 heteroatoms. The van der Waals surface area contributed by atoms with Crippen molar-refractivity contribution in [3.05, 3.63) is 153 Å². The number of methoxy groups -OCH3 is 1. The van der Waals surface area contributed by atoms with Crippen molar-refractivity contribution in [2.75, 3.05) is 25.6 Å². The topological polar surface area (TPSA) is 60.4 Å². The van der Waals surface area contributed by atoms with E-state index >= 15 is 8.63 Å². The van der Waals surface area contributed by atoms with Gasteiger partial charge in [-0.1, -0.05) is 56.4 Å². The lowest BCUT2D eigenvalue weighted by molar-refractivity contribution is -0.401. The fourth-order valence-electron chi connectivity index (χ4n) is 10.4. The molecule has 7 nitrogen and oxygen atoms in total. The van der Waals surface area contributed by atoms with Crippen LogP contribution in [0.2, 0.25) is 0 Å². The Morgan fingerprint density at radius 3 is 2.32 bits per heavy atom. The van der Waals surface area contributed by atoms with Gasteiger partial charge in [0, 0.05) is 82.0 Å². The van der Waals surface area contributed by atoms with E-state index < -0.39 is 12.9 Å². The third-order valence-electron chi connectivity index (χ3n) is 13.4. The van der Waals surface area contributed by atoms with E-state index in [9.17, 15) is 9.90 Å². The summed E-state index contributed by atoms with van der Waals surface area (Å²) in [7, 11) is 3.72. The lowest BCUT2D eigenvalue weighted by Crippen LogP contribution is -2.51. The zero-order valence-corrected chi connectivity index (χ0v) is 37.5. The van der Waals surface area contributed by atoms with Gasteiger partial charge in [0.25, 0.3) is 0 Å². The van der Waals surface area contributed by atoms with Crippen LogP contribution >= 0.6 is 0 Å². The Hall–Kier alpha value is -6.21. The van der Waals surface area contributed by atoms with Crippen molar-refractivity contribution in [3.8, 4) is 17.6 Å². The molecule has 0 fully saturated rings. The van der Waals surface area contributed by atoms with Crippen molar-refractivity contribution in [2.45, 2.75) is 91.9 Å². The number of ether oxygens (including phenoxy) is 1. The van der Waals surface area contributed by atoms with Gasteiger partial charge in [-0.2, -0.15) is 4.58 Å². The van der Waals surface area contributed by atoms with Gasteiger partial charge >= 0.3 is 12.9 Å². The number of anilines is 1. The van der Waals surface area contributed by atoms with Crippen LogP contribution in [0.5, 0.6) is 5.75 Å². The second-order valence-electron chi connectivity index (χ2n) is 18.2. The maximum Gasteiger partial charge on any atom is 0.737 e. The number of rotatable bonds is 10. The van der Waals surface area contributed by atoms with Crippen LogP contribution in [0.3, 0.4) is 0 Å². The Kier molecular flexibility index (Phi) is 10.7. The van der Waals surface area contributed by atoms with E-state index in [2.05, 4.69) is 117 Å².